The molecule has 0 saturated carbocycles. The first-order valence-electron chi connectivity index (χ1n) is 4.55. The smallest absolute Gasteiger partial charge is 0.115 e. The van der Waals surface area contributed by atoms with Gasteiger partial charge in [0.25, 0.3) is 0 Å². The third-order valence-corrected chi connectivity index (χ3v) is 6.43. The first-order valence-corrected chi connectivity index (χ1v) is 7.42. The van der Waals surface area contributed by atoms with Crippen molar-refractivity contribution in [2.75, 3.05) is 12.3 Å². The predicted molar refractivity (Wildman–Crippen MR) is 60.4 cm³/mol. The van der Waals surface area contributed by atoms with Crippen LogP contribution in [0.3, 0.4) is 0 Å². The van der Waals surface area contributed by atoms with E-state index in [1.54, 1.807) is 0 Å². The summed E-state index contributed by atoms with van der Waals surface area (Å²) in [6, 6.07) is 7.95. The van der Waals surface area contributed by atoms with Crippen LogP contribution >= 0.6 is 23.1 Å². The standard InChI is InChI=1S/C10H12BrOP/c11-9-3-5-10(6-4-9)13(12)7-1-2-8-13/h3-6H,1-2,7-8H2. The summed E-state index contributed by atoms with van der Waals surface area (Å²) in [4.78, 5) is 0. The molecule has 0 unspecified atom stereocenters. The summed E-state index contributed by atoms with van der Waals surface area (Å²) in [6.07, 6.45) is 4.09. The van der Waals surface area contributed by atoms with Crippen LogP contribution in [0.5, 0.6) is 0 Å². The Morgan fingerprint density at radius 3 is 2.15 bits per heavy atom. The van der Waals surface area contributed by atoms with Crippen molar-refractivity contribution in [3.63, 3.8) is 0 Å². The van der Waals surface area contributed by atoms with Crippen LogP contribution in [0.1, 0.15) is 12.8 Å². The summed E-state index contributed by atoms with van der Waals surface area (Å²) < 4.78 is 13.4. The van der Waals surface area contributed by atoms with Crippen molar-refractivity contribution < 1.29 is 4.57 Å². The highest BCUT2D eigenvalue weighted by atomic mass is 79.9. The molecule has 0 radical (unpaired) electrons. The second-order valence-corrected chi connectivity index (χ2v) is 7.63. The van der Waals surface area contributed by atoms with Crippen LogP contribution in [-0.2, 0) is 4.57 Å². The lowest BCUT2D eigenvalue weighted by Gasteiger charge is -2.10. The molecule has 0 N–H and O–H groups in total. The SMILES string of the molecule is O=P1(c2ccc(Br)cc2)CCCC1. The molecule has 1 nitrogen and oxygen atoms in total. The van der Waals surface area contributed by atoms with E-state index in [9.17, 15) is 4.57 Å². The Hall–Kier alpha value is -0.0700. The summed E-state index contributed by atoms with van der Waals surface area (Å²) in [5.74, 6) is 0. The molecule has 1 aromatic rings. The average molecular weight is 259 g/mol. The fraction of sp³-hybridized carbons (Fsp3) is 0.400. The fourth-order valence-corrected chi connectivity index (χ4v) is 4.98. The zero-order valence-electron chi connectivity index (χ0n) is 7.37. The molecule has 0 bridgehead atoms. The molecule has 0 aliphatic carbocycles. The minimum Gasteiger partial charge on any atom is -0.319 e. The van der Waals surface area contributed by atoms with Crippen LogP contribution in [0.25, 0.3) is 0 Å². The van der Waals surface area contributed by atoms with Gasteiger partial charge in [0.15, 0.2) is 0 Å². The van der Waals surface area contributed by atoms with Crippen LogP contribution < -0.4 is 5.30 Å². The summed E-state index contributed by atoms with van der Waals surface area (Å²) in [5.41, 5.74) is 0. The van der Waals surface area contributed by atoms with E-state index in [1.807, 2.05) is 24.3 Å². The van der Waals surface area contributed by atoms with Gasteiger partial charge in [-0.15, -0.1) is 0 Å². The van der Waals surface area contributed by atoms with E-state index in [4.69, 9.17) is 0 Å². The number of hydrogen-bond donors (Lipinski definition) is 0. The van der Waals surface area contributed by atoms with Crippen LogP contribution in [0.15, 0.2) is 28.7 Å². The Labute approximate surface area is 87.0 Å². The maximum absolute atomic E-state index is 12.3. The number of rotatable bonds is 1. The minimum absolute atomic E-state index is 0.911. The van der Waals surface area contributed by atoms with Gasteiger partial charge >= 0.3 is 0 Å². The third-order valence-electron chi connectivity index (χ3n) is 2.59. The molecule has 1 fully saturated rings. The zero-order chi connectivity index (χ0) is 9.31. The van der Waals surface area contributed by atoms with Crippen LogP contribution in [0, 0.1) is 0 Å². The van der Waals surface area contributed by atoms with Crippen molar-refractivity contribution in [2.24, 2.45) is 0 Å². The lowest BCUT2D eigenvalue weighted by Crippen LogP contribution is -2.05. The summed E-state index contributed by atoms with van der Waals surface area (Å²) in [6.45, 7) is 0. The van der Waals surface area contributed by atoms with Crippen LogP contribution in [0.2, 0.25) is 0 Å². The van der Waals surface area contributed by atoms with Gasteiger partial charge < -0.3 is 4.57 Å². The normalized spacial score (nSPS) is 20.4. The largest absolute Gasteiger partial charge is 0.319 e. The van der Waals surface area contributed by atoms with E-state index < -0.39 is 7.14 Å². The predicted octanol–water partition coefficient (Wildman–Crippen LogP) is 3.23. The average Bonchev–Trinajstić information content (AvgIpc) is 2.54. The van der Waals surface area contributed by atoms with Crippen LogP contribution in [-0.4, -0.2) is 12.3 Å². The van der Waals surface area contributed by atoms with E-state index in [1.165, 1.54) is 0 Å². The van der Waals surface area contributed by atoms with E-state index in [0.29, 0.717) is 0 Å². The molecule has 1 aliphatic heterocycles. The number of benzene rings is 1. The molecule has 0 atom stereocenters. The van der Waals surface area contributed by atoms with E-state index in [2.05, 4.69) is 15.9 Å². The molecule has 2 rings (SSSR count). The topological polar surface area (TPSA) is 17.1 Å². The Morgan fingerprint density at radius 1 is 1.08 bits per heavy atom. The molecule has 0 aromatic heterocycles. The van der Waals surface area contributed by atoms with Gasteiger partial charge in [0.05, 0.1) is 0 Å². The van der Waals surface area contributed by atoms with Crippen molar-refractivity contribution in [3.8, 4) is 0 Å². The van der Waals surface area contributed by atoms with Crippen molar-refractivity contribution in [1.82, 2.24) is 0 Å². The minimum atomic E-state index is -1.96. The molecule has 13 heavy (non-hydrogen) atoms. The second kappa shape index (κ2) is 3.59. The van der Waals surface area contributed by atoms with Gasteiger partial charge in [-0.2, -0.15) is 0 Å². The van der Waals surface area contributed by atoms with Crippen molar-refractivity contribution in [3.05, 3.63) is 28.7 Å². The molecular formula is C10H12BrOP. The Balaban J connectivity index is 2.35. The first kappa shape index (κ1) is 9.48. The van der Waals surface area contributed by atoms with Crippen LogP contribution in [0.4, 0.5) is 0 Å². The molecule has 70 valence electrons. The maximum Gasteiger partial charge on any atom is 0.115 e. The third kappa shape index (κ3) is 1.89. The lowest BCUT2D eigenvalue weighted by molar-refractivity contribution is 0.585. The Morgan fingerprint density at radius 2 is 1.62 bits per heavy atom. The number of halogens is 1. The molecular weight excluding hydrogens is 247 g/mol. The Bertz CT molecular complexity index is 334. The molecule has 1 saturated heterocycles. The van der Waals surface area contributed by atoms with E-state index >= 15 is 0 Å². The second-order valence-electron chi connectivity index (χ2n) is 3.52. The summed E-state index contributed by atoms with van der Waals surface area (Å²) in [7, 11) is -1.96. The lowest BCUT2D eigenvalue weighted by atomic mass is 10.4. The summed E-state index contributed by atoms with van der Waals surface area (Å²) >= 11 is 3.38. The van der Waals surface area contributed by atoms with E-state index in [-0.39, 0.29) is 0 Å². The number of hydrogen-bond acceptors (Lipinski definition) is 1. The molecule has 3 heteroatoms. The monoisotopic (exact) mass is 258 g/mol. The highest BCUT2D eigenvalue weighted by molar-refractivity contribution is 9.10. The molecule has 0 spiro atoms. The highest BCUT2D eigenvalue weighted by Crippen LogP contribution is 2.50. The highest BCUT2D eigenvalue weighted by Gasteiger charge is 2.28. The van der Waals surface area contributed by atoms with Crippen molar-refractivity contribution >= 4 is 28.4 Å². The summed E-state index contributed by atoms with van der Waals surface area (Å²) in [5, 5.41) is 1.06. The Kier molecular flexibility index (Phi) is 2.62. The first-order chi connectivity index (χ1) is 6.21. The molecule has 1 heterocycles. The fourth-order valence-electron chi connectivity index (χ4n) is 1.82. The van der Waals surface area contributed by atoms with E-state index in [0.717, 1.165) is 34.9 Å². The van der Waals surface area contributed by atoms with Gasteiger partial charge in [-0.05, 0) is 25.0 Å². The van der Waals surface area contributed by atoms with Crippen molar-refractivity contribution in [2.45, 2.75) is 12.8 Å². The van der Waals surface area contributed by atoms with Gasteiger partial charge in [-0.25, -0.2) is 0 Å². The molecule has 1 aliphatic rings. The molecule has 0 amide bonds. The van der Waals surface area contributed by atoms with Gasteiger partial charge in [0.1, 0.15) is 7.14 Å². The zero-order valence-corrected chi connectivity index (χ0v) is 9.85. The maximum atomic E-state index is 12.3. The van der Waals surface area contributed by atoms with Gasteiger partial charge in [-0.3, -0.25) is 0 Å². The van der Waals surface area contributed by atoms with Crippen molar-refractivity contribution in [1.29, 1.82) is 0 Å². The molecule has 1 aromatic carbocycles. The van der Waals surface area contributed by atoms with Gasteiger partial charge in [-0.1, -0.05) is 28.1 Å². The van der Waals surface area contributed by atoms with Gasteiger partial charge in [0.2, 0.25) is 0 Å². The quantitative estimate of drug-likeness (QED) is 0.707. The van der Waals surface area contributed by atoms with Gasteiger partial charge in [0, 0.05) is 22.1 Å².